The molecule has 0 spiro atoms. The molecule has 2 fully saturated rings. The first kappa shape index (κ1) is 15.7. The molecule has 0 amide bonds. The highest BCUT2D eigenvalue weighted by molar-refractivity contribution is 9.10. The molecule has 1 heterocycles. The second kappa shape index (κ2) is 6.54. The summed E-state index contributed by atoms with van der Waals surface area (Å²) in [5.41, 5.74) is 1.12. The lowest BCUT2D eigenvalue weighted by molar-refractivity contribution is -0.139. The van der Waals surface area contributed by atoms with E-state index < -0.39 is 5.97 Å². The number of carboxylic acids is 1. The predicted molar refractivity (Wildman–Crippen MR) is 89.0 cm³/mol. The molecule has 5 nitrogen and oxygen atoms in total. The van der Waals surface area contributed by atoms with Gasteiger partial charge in [0.25, 0.3) is 0 Å². The second-order valence-electron chi connectivity index (χ2n) is 6.55. The van der Waals surface area contributed by atoms with E-state index in [4.69, 9.17) is 5.11 Å². The number of pyridine rings is 1. The fourth-order valence-electron chi connectivity index (χ4n) is 3.04. The van der Waals surface area contributed by atoms with Crippen molar-refractivity contribution in [3.8, 4) is 0 Å². The average molecular weight is 368 g/mol. The van der Waals surface area contributed by atoms with Crippen LogP contribution in [-0.4, -0.2) is 46.1 Å². The van der Waals surface area contributed by atoms with Gasteiger partial charge in [0, 0.05) is 29.3 Å². The monoisotopic (exact) mass is 367 g/mol. The Morgan fingerprint density at radius 1 is 1.50 bits per heavy atom. The molecule has 2 aliphatic carbocycles. The average Bonchev–Trinajstić information content (AvgIpc) is 3.18. The minimum atomic E-state index is -0.720. The summed E-state index contributed by atoms with van der Waals surface area (Å²) in [5.74, 6) is 0.933. The van der Waals surface area contributed by atoms with Crippen LogP contribution < -0.4 is 5.32 Å². The first-order chi connectivity index (χ1) is 10.5. The topological polar surface area (TPSA) is 65.5 Å². The second-order valence-corrected chi connectivity index (χ2v) is 7.47. The van der Waals surface area contributed by atoms with E-state index in [9.17, 15) is 4.79 Å². The third-order valence-electron chi connectivity index (χ3n) is 4.54. The van der Waals surface area contributed by atoms with E-state index in [-0.39, 0.29) is 6.54 Å². The van der Waals surface area contributed by atoms with E-state index in [1.807, 2.05) is 6.92 Å². The lowest BCUT2D eigenvalue weighted by atomic mass is 9.85. The van der Waals surface area contributed by atoms with Crippen molar-refractivity contribution in [1.29, 1.82) is 0 Å². The van der Waals surface area contributed by atoms with E-state index in [0.717, 1.165) is 41.2 Å². The molecule has 120 valence electrons. The summed E-state index contributed by atoms with van der Waals surface area (Å²) >= 11 is 3.42. The summed E-state index contributed by atoms with van der Waals surface area (Å²) in [6, 6.07) is 2.84. The van der Waals surface area contributed by atoms with Gasteiger partial charge < -0.3 is 10.4 Å². The number of carboxylic acid groups (broad SMARTS) is 1. The van der Waals surface area contributed by atoms with Gasteiger partial charge in [-0.25, -0.2) is 4.98 Å². The van der Waals surface area contributed by atoms with Gasteiger partial charge >= 0.3 is 5.97 Å². The van der Waals surface area contributed by atoms with Gasteiger partial charge in [0.1, 0.15) is 5.82 Å². The van der Waals surface area contributed by atoms with Crippen LogP contribution >= 0.6 is 15.9 Å². The Morgan fingerprint density at radius 3 is 2.82 bits per heavy atom. The number of hydrogen-bond donors (Lipinski definition) is 2. The standard InChI is InChI=1S/C16H22BrN3O2/c1-10-4-12(17)7-18-16(10)19-13-5-14(6-13)20(9-15(21)22)8-11-2-3-11/h4,7,11,13-14H,2-3,5-6,8-9H2,1H3,(H,18,19)(H,21,22). The lowest BCUT2D eigenvalue weighted by Gasteiger charge is -2.43. The fraction of sp³-hybridized carbons (Fsp3) is 0.625. The smallest absolute Gasteiger partial charge is 0.317 e. The normalized spacial score (nSPS) is 24.1. The van der Waals surface area contributed by atoms with Crippen molar-refractivity contribution in [2.75, 3.05) is 18.4 Å². The zero-order valence-electron chi connectivity index (χ0n) is 12.8. The van der Waals surface area contributed by atoms with Crippen molar-refractivity contribution in [3.05, 3.63) is 22.3 Å². The first-order valence-corrected chi connectivity index (χ1v) is 8.65. The Kier molecular flexibility index (Phi) is 4.68. The van der Waals surface area contributed by atoms with Crippen LogP contribution in [0.15, 0.2) is 16.7 Å². The van der Waals surface area contributed by atoms with Gasteiger partial charge in [-0.1, -0.05) is 0 Å². The molecule has 6 heteroatoms. The number of aliphatic carboxylic acids is 1. The highest BCUT2D eigenvalue weighted by Gasteiger charge is 2.37. The quantitative estimate of drug-likeness (QED) is 0.775. The van der Waals surface area contributed by atoms with Crippen molar-refractivity contribution >= 4 is 27.7 Å². The number of rotatable bonds is 7. The highest BCUT2D eigenvalue weighted by Crippen LogP contribution is 2.34. The predicted octanol–water partition coefficient (Wildman–Crippen LogP) is 2.89. The zero-order chi connectivity index (χ0) is 15.7. The summed E-state index contributed by atoms with van der Waals surface area (Å²) < 4.78 is 0.985. The molecule has 2 N–H and O–H groups in total. The summed E-state index contributed by atoms with van der Waals surface area (Å²) in [4.78, 5) is 17.6. The molecule has 1 aromatic heterocycles. The van der Waals surface area contributed by atoms with Crippen molar-refractivity contribution in [3.63, 3.8) is 0 Å². The molecule has 1 aromatic rings. The fourth-order valence-corrected chi connectivity index (χ4v) is 3.48. The van der Waals surface area contributed by atoms with E-state index in [0.29, 0.717) is 12.1 Å². The van der Waals surface area contributed by atoms with E-state index in [1.54, 1.807) is 6.20 Å². The Hall–Kier alpha value is -1.14. The number of nitrogens with one attached hydrogen (secondary N) is 1. The van der Waals surface area contributed by atoms with Crippen LogP contribution in [0, 0.1) is 12.8 Å². The SMILES string of the molecule is Cc1cc(Br)cnc1NC1CC(N(CC(=O)O)CC2CC2)C1. The van der Waals surface area contributed by atoms with Crippen LogP contribution in [0.1, 0.15) is 31.2 Å². The zero-order valence-corrected chi connectivity index (χ0v) is 14.3. The van der Waals surface area contributed by atoms with Crippen molar-refractivity contribution in [1.82, 2.24) is 9.88 Å². The van der Waals surface area contributed by atoms with Crippen LogP contribution in [0.5, 0.6) is 0 Å². The number of carbonyl (C=O) groups is 1. The van der Waals surface area contributed by atoms with Gasteiger partial charge in [0.2, 0.25) is 0 Å². The number of nitrogens with zero attached hydrogens (tertiary/aromatic N) is 2. The molecule has 0 aromatic carbocycles. The molecule has 0 atom stereocenters. The molecule has 2 aliphatic rings. The molecule has 3 rings (SSSR count). The van der Waals surface area contributed by atoms with Crippen LogP contribution in [0.3, 0.4) is 0 Å². The molecule has 0 aliphatic heterocycles. The number of aromatic nitrogens is 1. The van der Waals surface area contributed by atoms with E-state index >= 15 is 0 Å². The van der Waals surface area contributed by atoms with Crippen molar-refractivity contribution in [2.45, 2.75) is 44.7 Å². The Morgan fingerprint density at radius 2 is 2.23 bits per heavy atom. The molecular weight excluding hydrogens is 346 g/mol. The number of anilines is 1. The molecule has 0 radical (unpaired) electrons. The maximum atomic E-state index is 11.0. The van der Waals surface area contributed by atoms with Gasteiger partial charge in [-0.2, -0.15) is 0 Å². The molecule has 0 bridgehead atoms. The van der Waals surface area contributed by atoms with Gasteiger partial charge in [-0.05, 0) is 66.1 Å². The van der Waals surface area contributed by atoms with Gasteiger partial charge in [-0.3, -0.25) is 9.69 Å². The van der Waals surface area contributed by atoms with Crippen molar-refractivity contribution in [2.24, 2.45) is 5.92 Å². The first-order valence-electron chi connectivity index (χ1n) is 7.86. The third kappa shape index (κ3) is 3.98. The summed E-state index contributed by atoms with van der Waals surface area (Å²) in [6.07, 6.45) is 6.31. The Labute approximate surface area is 139 Å². The van der Waals surface area contributed by atoms with Crippen LogP contribution in [0.25, 0.3) is 0 Å². The largest absolute Gasteiger partial charge is 0.480 e. The Balaban J connectivity index is 1.52. The lowest BCUT2D eigenvalue weighted by Crippen LogP contribution is -2.52. The molecule has 22 heavy (non-hydrogen) atoms. The summed E-state index contributed by atoms with van der Waals surface area (Å²) in [7, 11) is 0. The van der Waals surface area contributed by atoms with E-state index in [1.165, 1.54) is 12.8 Å². The molecule has 2 saturated carbocycles. The minimum Gasteiger partial charge on any atom is -0.480 e. The molecule has 0 unspecified atom stereocenters. The van der Waals surface area contributed by atoms with Crippen LogP contribution in [0.2, 0.25) is 0 Å². The highest BCUT2D eigenvalue weighted by atomic mass is 79.9. The molecule has 0 saturated heterocycles. The van der Waals surface area contributed by atoms with Crippen LogP contribution in [0.4, 0.5) is 5.82 Å². The van der Waals surface area contributed by atoms with E-state index in [2.05, 4.69) is 37.2 Å². The van der Waals surface area contributed by atoms with Gasteiger partial charge in [-0.15, -0.1) is 0 Å². The number of halogens is 1. The summed E-state index contributed by atoms with van der Waals surface area (Å²) in [6.45, 7) is 3.16. The maximum absolute atomic E-state index is 11.0. The minimum absolute atomic E-state index is 0.170. The molecular formula is C16H22BrN3O2. The maximum Gasteiger partial charge on any atom is 0.317 e. The van der Waals surface area contributed by atoms with Gasteiger partial charge in [0.05, 0.1) is 6.54 Å². The van der Waals surface area contributed by atoms with Crippen molar-refractivity contribution < 1.29 is 9.90 Å². The Bertz CT molecular complexity index is 556. The van der Waals surface area contributed by atoms with Gasteiger partial charge in [0.15, 0.2) is 0 Å². The third-order valence-corrected chi connectivity index (χ3v) is 4.98. The number of aryl methyl sites for hydroxylation is 1. The summed E-state index contributed by atoms with van der Waals surface area (Å²) in [5, 5.41) is 12.6. The van der Waals surface area contributed by atoms with Crippen LogP contribution in [-0.2, 0) is 4.79 Å². The number of hydrogen-bond acceptors (Lipinski definition) is 4.